The van der Waals surface area contributed by atoms with E-state index < -0.39 is 5.38 Å². The topological polar surface area (TPSA) is 26.3 Å². The van der Waals surface area contributed by atoms with E-state index in [1.807, 2.05) is 0 Å². The quantitative estimate of drug-likeness (QED) is 0.368. The van der Waals surface area contributed by atoms with Crippen LogP contribution in [0.5, 0.6) is 0 Å². The molecule has 1 atom stereocenters. The van der Waals surface area contributed by atoms with E-state index in [9.17, 15) is 4.79 Å². The number of hydrogen-bond donors (Lipinski definition) is 0. The molecule has 0 radical (unpaired) electrons. The highest BCUT2D eigenvalue weighted by atomic mass is 35.5. The molecule has 0 saturated carbocycles. The van der Waals surface area contributed by atoms with Crippen LogP contribution >= 0.6 is 11.6 Å². The average Bonchev–Trinajstić information content (AvgIpc) is 2.10. The predicted octanol–water partition coefficient (Wildman–Crippen LogP) is 2.74. The molecule has 0 aliphatic heterocycles. The van der Waals surface area contributed by atoms with E-state index in [0.717, 1.165) is 19.3 Å². The zero-order chi connectivity index (χ0) is 9.40. The number of ether oxygens (including phenoxy) is 1. The molecule has 0 aromatic heterocycles. The Morgan fingerprint density at radius 1 is 1.42 bits per heavy atom. The molecular formula is C9H17ClO2. The summed E-state index contributed by atoms with van der Waals surface area (Å²) in [6, 6.07) is 0. The van der Waals surface area contributed by atoms with E-state index in [1.165, 1.54) is 20.0 Å². The lowest BCUT2D eigenvalue weighted by Gasteiger charge is -2.05. The maximum atomic E-state index is 10.8. The van der Waals surface area contributed by atoms with Crippen LogP contribution in [0.15, 0.2) is 0 Å². The Balaban J connectivity index is 3.31. The number of carbonyl (C=O) groups is 1. The number of rotatable bonds is 6. The molecule has 0 aromatic carbocycles. The number of unbranched alkanes of at least 4 members (excludes halogenated alkanes) is 3. The molecule has 3 heteroatoms. The van der Waals surface area contributed by atoms with E-state index in [-0.39, 0.29) is 5.97 Å². The van der Waals surface area contributed by atoms with Crippen molar-refractivity contribution >= 4 is 17.6 Å². The summed E-state index contributed by atoms with van der Waals surface area (Å²) >= 11 is 5.74. The molecule has 0 amide bonds. The fourth-order valence-corrected chi connectivity index (χ4v) is 1.24. The highest BCUT2D eigenvalue weighted by molar-refractivity contribution is 6.29. The molecule has 0 aromatic rings. The molecule has 0 rings (SSSR count). The van der Waals surface area contributed by atoms with E-state index >= 15 is 0 Å². The van der Waals surface area contributed by atoms with Gasteiger partial charge in [0, 0.05) is 0 Å². The Kier molecular flexibility index (Phi) is 7.26. The maximum Gasteiger partial charge on any atom is 0.323 e. The second-order valence-corrected chi connectivity index (χ2v) is 3.37. The van der Waals surface area contributed by atoms with Crippen molar-refractivity contribution in [1.29, 1.82) is 0 Å². The monoisotopic (exact) mass is 192 g/mol. The zero-order valence-corrected chi connectivity index (χ0v) is 8.56. The van der Waals surface area contributed by atoms with Gasteiger partial charge in [0.2, 0.25) is 0 Å². The Hall–Kier alpha value is -0.240. The van der Waals surface area contributed by atoms with Crippen molar-refractivity contribution in [1.82, 2.24) is 0 Å². The van der Waals surface area contributed by atoms with Gasteiger partial charge in [-0.25, -0.2) is 0 Å². The van der Waals surface area contributed by atoms with Crippen molar-refractivity contribution in [3.63, 3.8) is 0 Å². The van der Waals surface area contributed by atoms with Gasteiger partial charge < -0.3 is 4.74 Å². The van der Waals surface area contributed by atoms with Gasteiger partial charge in [-0.15, -0.1) is 11.6 Å². The van der Waals surface area contributed by atoms with Crippen molar-refractivity contribution in [2.24, 2.45) is 0 Å². The van der Waals surface area contributed by atoms with E-state index in [2.05, 4.69) is 11.7 Å². The number of alkyl halides is 1. The number of methoxy groups -OCH3 is 1. The van der Waals surface area contributed by atoms with Crippen LogP contribution in [0.4, 0.5) is 0 Å². The summed E-state index contributed by atoms with van der Waals surface area (Å²) in [5.74, 6) is -0.312. The van der Waals surface area contributed by atoms with Crippen LogP contribution in [0, 0.1) is 0 Å². The maximum absolute atomic E-state index is 10.8. The minimum atomic E-state index is -0.452. The van der Waals surface area contributed by atoms with Crippen LogP contribution in [-0.2, 0) is 9.53 Å². The van der Waals surface area contributed by atoms with Gasteiger partial charge in [0.25, 0.3) is 0 Å². The SMILES string of the molecule is CCCCCC[C@H](Cl)C(=O)OC. The average molecular weight is 193 g/mol. The first-order valence-electron chi connectivity index (χ1n) is 4.44. The molecular weight excluding hydrogens is 176 g/mol. The summed E-state index contributed by atoms with van der Waals surface area (Å²) in [6.07, 6.45) is 5.30. The van der Waals surface area contributed by atoms with Gasteiger partial charge in [-0.3, -0.25) is 4.79 Å². The minimum Gasteiger partial charge on any atom is -0.468 e. The smallest absolute Gasteiger partial charge is 0.323 e. The van der Waals surface area contributed by atoms with Crippen molar-refractivity contribution < 1.29 is 9.53 Å². The van der Waals surface area contributed by atoms with Crippen LogP contribution in [0.25, 0.3) is 0 Å². The first kappa shape index (κ1) is 11.8. The van der Waals surface area contributed by atoms with E-state index in [0.29, 0.717) is 0 Å². The molecule has 0 aliphatic rings. The molecule has 0 unspecified atom stereocenters. The van der Waals surface area contributed by atoms with Gasteiger partial charge in [-0.05, 0) is 6.42 Å². The number of carbonyl (C=O) groups excluding carboxylic acids is 1. The van der Waals surface area contributed by atoms with Crippen LogP contribution in [-0.4, -0.2) is 18.5 Å². The lowest BCUT2D eigenvalue weighted by Crippen LogP contribution is -2.15. The van der Waals surface area contributed by atoms with Crippen LogP contribution in [0.3, 0.4) is 0 Å². The van der Waals surface area contributed by atoms with Gasteiger partial charge in [0.05, 0.1) is 7.11 Å². The third-order valence-electron chi connectivity index (χ3n) is 1.77. The summed E-state index contributed by atoms with van der Waals surface area (Å²) in [5, 5.41) is -0.452. The predicted molar refractivity (Wildman–Crippen MR) is 50.4 cm³/mol. The normalized spacial score (nSPS) is 12.6. The fourth-order valence-electron chi connectivity index (χ4n) is 0.996. The third kappa shape index (κ3) is 5.42. The Labute approximate surface area is 79.2 Å². The van der Waals surface area contributed by atoms with Crippen molar-refractivity contribution in [2.75, 3.05) is 7.11 Å². The summed E-state index contributed by atoms with van der Waals surface area (Å²) in [4.78, 5) is 10.8. The molecule has 2 nitrogen and oxygen atoms in total. The van der Waals surface area contributed by atoms with Gasteiger partial charge in [0.15, 0.2) is 0 Å². The molecule has 0 bridgehead atoms. The number of esters is 1. The van der Waals surface area contributed by atoms with Crippen molar-refractivity contribution in [3.8, 4) is 0 Å². The molecule has 12 heavy (non-hydrogen) atoms. The van der Waals surface area contributed by atoms with Gasteiger partial charge in [-0.2, -0.15) is 0 Å². The van der Waals surface area contributed by atoms with Gasteiger partial charge in [0.1, 0.15) is 5.38 Å². The minimum absolute atomic E-state index is 0.312. The number of hydrogen-bond acceptors (Lipinski definition) is 2. The molecule has 0 N–H and O–H groups in total. The Morgan fingerprint density at radius 2 is 2.08 bits per heavy atom. The second-order valence-electron chi connectivity index (χ2n) is 2.84. The molecule has 0 fully saturated rings. The fraction of sp³-hybridized carbons (Fsp3) is 0.889. The van der Waals surface area contributed by atoms with Crippen molar-refractivity contribution in [2.45, 2.75) is 44.4 Å². The van der Waals surface area contributed by atoms with Crippen LogP contribution in [0.1, 0.15) is 39.0 Å². The summed E-state index contributed by atoms with van der Waals surface area (Å²) in [7, 11) is 1.36. The second kappa shape index (κ2) is 7.41. The van der Waals surface area contributed by atoms with Gasteiger partial charge >= 0.3 is 5.97 Å². The molecule has 0 saturated heterocycles. The zero-order valence-electron chi connectivity index (χ0n) is 7.81. The molecule has 0 aliphatic carbocycles. The van der Waals surface area contributed by atoms with E-state index in [4.69, 9.17) is 11.6 Å². The molecule has 0 heterocycles. The largest absolute Gasteiger partial charge is 0.468 e. The van der Waals surface area contributed by atoms with Crippen LogP contribution in [0.2, 0.25) is 0 Å². The highest BCUT2D eigenvalue weighted by Crippen LogP contribution is 2.11. The Morgan fingerprint density at radius 3 is 2.58 bits per heavy atom. The summed E-state index contributed by atoms with van der Waals surface area (Å²) in [5.41, 5.74) is 0. The third-order valence-corrected chi connectivity index (χ3v) is 2.16. The number of halogens is 1. The highest BCUT2D eigenvalue weighted by Gasteiger charge is 2.14. The molecule has 0 spiro atoms. The lowest BCUT2D eigenvalue weighted by molar-refractivity contribution is -0.140. The summed E-state index contributed by atoms with van der Waals surface area (Å²) < 4.78 is 4.50. The Bertz CT molecular complexity index is 126. The first-order chi connectivity index (χ1) is 5.72. The standard InChI is InChI=1S/C9H17ClO2/c1-3-4-5-6-7-8(10)9(11)12-2/h8H,3-7H2,1-2H3/t8-/m0/s1. The molecule has 72 valence electrons. The summed E-state index contributed by atoms with van der Waals surface area (Å²) in [6.45, 7) is 2.15. The first-order valence-corrected chi connectivity index (χ1v) is 4.88. The van der Waals surface area contributed by atoms with Crippen LogP contribution < -0.4 is 0 Å². The van der Waals surface area contributed by atoms with Gasteiger partial charge in [-0.1, -0.05) is 32.6 Å². The van der Waals surface area contributed by atoms with Crippen molar-refractivity contribution in [3.05, 3.63) is 0 Å². The van der Waals surface area contributed by atoms with E-state index in [1.54, 1.807) is 0 Å². The lowest BCUT2D eigenvalue weighted by atomic mass is 10.1.